The molecule has 0 bridgehead atoms. The van der Waals surface area contributed by atoms with Crippen molar-refractivity contribution in [1.29, 1.82) is 0 Å². The molecule has 2 rings (SSSR count). The molecule has 1 heterocycles. The van der Waals surface area contributed by atoms with Gasteiger partial charge in [-0.05, 0) is 35.8 Å². The van der Waals surface area contributed by atoms with E-state index in [4.69, 9.17) is 5.73 Å². The van der Waals surface area contributed by atoms with E-state index in [-0.39, 0.29) is 5.75 Å². The number of sulfone groups is 1. The predicted molar refractivity (Wildman–Crippen MR) is 81.6 cm³/mol. The van der Waals surface area contributed by atoms with Gasteiger partial charge in [0.1, 0.15) is 5.82 Å². The predicted octanol–water partition coefficient (Wildman–Crippen LogP) is 2.29. The van der Waals surface area contributed by atoms with Crippen molar-refractivity contribution in [1.82, 2.24) is 4.98 Å². The van der Waals surface area contributed by atoms with Gasteiger partial charge in [-0.3, -0.25) is 0 Å². The van der Waals surface area contributed by atoms with Crippen LogP contribution in [0.3, 0.4) is 0 Å². The molecule has 2 N–H and O–H groups in total. The first-order chi connectivity index (χ1) is 9.55. The first kappa shape index (κ1) is 14.3. The van der Waals surface area contributed by atoms with Gasteiger partial charge in [-0.1, -0.05) is 30.3 Å². The number of aromatic nitrogens is 1. The van der Waals surface area contributed by atoms with Gasteiger partial charge < -0.3 is 5.73 Å². The van der Waals surface area contributed by atoms with Crippen LogP contribution in [0.2, 0.25) is 0 Å². The monoisotopic (exact) mass is 288 g/mol. The van der Waals surface area contributed by atoms with Crippen molar-refractivity contribution in [3.8, 4) is 0 Å². The summed E-state index contributed by atoms with van der Waals surface area (Å²) < 4.78 is 23.9. The molecule has 0 amide bonds. The number of hydrogen-bond acceptors (Lipinski definition) is 4. The second-order valence-electron chi connectivity index (χ2n) is 4.42. The average molecular weight is 288 g/mol. The highest BCUT2D eigenvalue weighted by Gasteiger charge is 2.06. The Hall–Kier alpha value is -2.14. The van der Waals surface area contributed by atoms with Crippen molar-refractivity contribution in [2.24, 2.45) is 0 Å². The van der Waals surface area contributed by atoms with Crippen LogP contribution in [0.4, 0.5) is 5.82 Å². The molecule has 0 aliphatic rings. The van der Waals surface area contributed by atoms with Crippen molar-refractivity contribution in [2.75, 3.05) is 11.5 Å². The highest BCUT2D eigenvalue weighted by Crippen LogP contribution is 2.08. The van der Waals surface area contributed by atoms with E-state index in [1.807, 2.05) is 30.3 Å². The van der Waals surface area contributed by atoms with E-state index in [0.29, 0.717) is 12.2 Å². The van der Waals surface area contributed by atoms with Crippen LogP contribution in [0.5, 0.6) is 0 Å². The summed E-state index contributed by atoms with van der Waals surface area (Å²) >= 11 is 0. The lowest BCUT2D eigenvalue weighted by atomic mass is 10.2. The lowest BCUT2D eigenvalue weighted by Gasteiger charge is -2.00. The Morgan fingerprint density at radius 2 is 1.90 bits per heavy atom. The molecular weight excluding hydrogens is 272 g/mol. The minimum absolute atomic E-state index is 0.0913. The van der Waals surface area contributed by atoms with Crippen LogP contribution < -0.4 is 5.73 Å². The summed E-state index contributed by atoms with van der Waals surface area (Å²) in [6, 6.07) is 12.9. The van der Waals surface area contributed by atoms with E-state index in [1.54, 1.807) is 24.4 Å². The molecule has 0 radical (unpaired) electrons. The molecule has 104 valence electrons. The van der Waals surface area contributed by atoms with E-state index in [2.05, 4.69) is 4.98 Å². The molecule has 0 aliphatic heterocycles. The van der Waals surface area contributed by atoms with Crippen LogP contribution >= 0.6 is 0 Å². The third kappa shape index (κ3) is 4.51. The summed E-state index contributed by atoms with van der Waals surface area (Å²) in [5.41, 5.74) is 7.27. The fourth-order valence-corrected chi connectivity index (χ4v) is 2.75. The maximum atomic E-state index is 11.9. The van der Waals surface area contributed by atoms with Crippen LogP contribution in [0.25, 0.3) is 6.08 Å². The number of anilines is 1. The van der Waals surface area contributed by atoms with Gasteiger partial charge in [0.05, 0.1) is 5.75 Å². The topological polar surface area (TPSA) is 73.1 Å². The molecular formula is C15H16N2O2S. The molecule has 0 atom stereocenters. The number of benzene rings is 1. The molecule has 0 aliphatic carbocycles. The maximum absolute atomic E-state index is 11.9. The number of pyridine rings is 1. The molecule has 0 unspecified atom stereocenters. The Kier molecular flexibility index (Phi) is 4.53. The first-order valence-corrected chi connectivity index (χ1v) is 7.93. The molecule has 4 nitrogen and oxygen atoms in total. The van der Waals surface area contributed by atoms with Gasteiger partial charge in [0.15, 0.2) is 9.84 Å². The zero-order valence-electron chi connectivity index (χ0n) is 10.9. The van der Waals surface area contributed by atoms with Gasteiger partial charge in [0.25, 0.3) is 0 Å². The van der Waals surface area contributed by atoms with Crippen LogP contribution in [0, 0.1) is 0 Å². The van der Waals surface area contributed by atoms with Crippen molar-refractivity contribution in [2.45, 2.75) is 6.42 Å². The van der Waals surface area contributed by atoms with Gasteiger partial charge in [0, 0.05) is 11.6 Å². The summed E-state index contributed by atoms with van der Waals surface area (Å²) in [6.45, 7) is 0. The normalized spacial score (nSPS) is 11.8. The smallest absolute Gasteiger partial charge is 0.171 e. The van der Waals surface area contributed by atoms with Crippen LogP contribution in [-0.2, 0) is 16.3 Å². The van der Waals surface area contributed by atoms with Crippen LogP contribution in [0.1, 0.15) is 11.1 Å². The van der Waals surface area contributed by atoms with E-state index in [9.17, 15) is 8.42 Å². The molecule has 0 spiro atoms. The molecule has 0 saturated heterocycles. The highest BCUT2D eigenvalue weighted by atomic mass is 32.2. The third-order valence-corrected chi connectivity index (χ3v) is 4.11. The Morgan fingerprint density at radius 3 is 2.60 bits per heavy atom. The molecule has 5 heteroatoms. The van der Waals surface area contributed by atoms with Gasteiger partial charge in [-0.2, -0.15) is 0 Å². The van der Waals surface area contributed by atoms with Gasteiger partial charge in [-0.15, -0.1) is 0 Å². The molecule has 2 aromatic rings. The summed E-state index contributed by atoms with van der Waals surface area (Å²) in [5, 5.41) is 1.23. The number of rotatable bonds is 5. The molecule has 0 fully saturated rings. The molecule has 1 aromatic carbocycles. The van der Waals surface area contributed by atoms with Crippen LogP contribution in [-0.4, -0.2) is 19.2 Å². The Morgan fingerprint density at radius 1 is 1.15 bits per heavy atom. The Bertz CT molecular complexity index is 695. The van der Waals surface area contributed by atoms with Gasteiger partial charge in [0.2, 0.25) is 0 Å². The summed E-state index contributed by atoms with van der Waals surface area (Å²) in [7, 11) is -3.23. The number of nitrogens with zero attached hydrogens (tertiary/aromatic N) is 1. The highest BCUT2D eigenvalue weighted by molar-refractivity contribution is 7.94. The summed E-state index contributed by atoms with van der Waals surface area (Å²) in [4.78, 5) is 3.85. The summed E-state index contributed by atoms with van der Waals surface area (Å²) in [6.07, 6.45) is 3.59. The molecule has 1 aromatic heterocycles. The fourth-order valence-electron chi connectivity index (χ4n) is 1.72. The zero-order valence-corrected chi connectivity index (χ0v) is 11.8. The van der Waals surface area contributed by atoms with Gasteiger partial charge >= 0.3 is 0 Å². The van der Waals surface area contributed by atoms with E-state index in [0.717, 1.165) is 11.1 Å². The van der Waals surface area contributed by atoms with Crippen molar-refractivity contribution < 1.29 is 8.42 Å². The van der Waals surface area contributed by atoms with E-state index in [1.165, 1.54) is 5.41 Å². The fraction of sp³-hybridized carbons (Fsp3) is 0.133. The van der Waals surface area contributed by atoms with E-state index >= 15 is 0 Å². The average Bonchev–Trinajstić information content (AvgIpc) is 2.45. The second-order valence-corrected chi connectivity index (χ2v) is 6.43. The first-order valence-electron chi connectivity index (χ1n) is 6.21. The minimum Gasteiger partial charge on any atom is -0.384 e. The lowest BCUT2D eigenvalue weighted by Crippen LogP contribution is -2.05. The minimum atomic E-state index is -3.23. The lowest BCUT2D eigenvalue weighted by molar-refractivity contribution is 0.604. The Balaban J connectivity index is 2.01. The zero-order chi connectivity index (χ0) is 14.4. The maximum Gasteiger partial charge on any atom is 0.171 e. The van der Waals surface area contributed by atoms with Crippen molar-refractivity contribution >= 4 is 21.7 Å². The molecule has 0 saturated carbocycles. The number of hydrogen-bond donors (Lipinski definition) is 1. The summed E-state index contributed by atoms with van der Waals surface area (Å²) in [5.74, 6) is 0.461. The number of nitrogen functional groups attached to an aromatic ring is 1. The standard InChI is InChI=1S/C15H16N2O2S/c16-15-12-14(6-9-17-15)8-11-20(18,19)10-7-13-4-2-1-3-5-13/h1-6,8-9,11-12H,7,10H2,(H2,16,17). The quantitative estimate of drug-likeness (QED) is 0.916. The largest absolute Gasteiger partial charge is 0.384 e. The molecule has 20 heavy (non-hydrogen) atoms. The van der Waals surface area contributed by atoms with Crippen molar-refractivity contribution in [3.05, 3.63) is 65.2 Å². The SMILES string of the molecule is Nc1cc(C=CS(=O)(=O)CCc2ccccc2)ccn1. The second kappa shape index (κ2) is 6.34. The number of aryl methyl sites for hydroxylation is 1. The van der Waals surface area contributed by atoms with Gasteiger partial charge in [-0.25, -0.2) is 13.4 Å². The van der Waals surface area contributed by atoms with Crippen LogP contribution in [0.15, 0.2) is 54.1 Å². The third-order valence-electron chi connectivity index (χ3n) is 2.79. The van der Waals surface area contributed by atoms with Crippen molar-refractivity contribution in [3.63, 3.8) is 0 Å². The number of nitrogens with two attached hydrogens (primary N) is 1. The van der Waals surface area contributed by atoms with E-state index < -0.39 is 9.84 Å². The Labute approximate surface area is 118 Å².